The average molecular weight is 285 g/mol. The van der Waals surface area contributed by atoms with Crippen LogP contribution in [0, 0.1) is 5.92 Å². The normalized spacial score (nSPS) is 26.4. The summed E-state index contributed by atoms with van der Waals surface area (Å²) < 4.78 is 12.1. The summed E-state index contributed by atoms with van der Waals surface area (Å²) in [6.07, 6.45) is 7.14. The van der Waals surface area contributed by atoms with Gasteiger partial charge >= 0.3 is 0 Å². The van der Waals surface area contributed by atoms with Crippen molar-refractivity contribution in [1.82, 2.24) is 0 Å². The molecule has 1 aliphatic heterocycles. The molecule has 1 saturated heterocycles. The maximum Gasteiger partial charge on any atom is 0.134 e. The first-order valence-corrected chi connectivity index (χ1v) is 8.14. The lowest BCUT2D eigenvalue weighted by Crippen LogP contribution is -2.40. The Hall–Kier alpha value is -1.32. The number of hydrogen-bond acceptors (Lipinski definition) is 3. The van der Waals surface area contributed by atoms with Gasteiger partial charge in [-0.05, 0) is 43.7 Å². The molecule has 2 heterocycles. The standard InChI is InChI=1S/C18H23NO2/c19-17(16-11-13-5-1-2-6-15(13)21-16)14-7-10-20-18(12-14)8-3-4-9-18/h1-2,5-6,11,14,17H,3-4,7-10,12,19H2. The summed E-state index contributed by atoms with van der Waals surface area (Å²) in [5.41, 5.74) is 7.59. The van der Waals surface area contributed by atoms with Crippen LogP contribution in [-0.2, 0) is 4.74 Å². The Morgan fingerprint density at radius 2 is 2.00 bits per heavy atom. The van der Waals surface area contributed by atoms with Crippen molar-refractivity contribution in [2.24, 2.45) is 11.7 Å². The molecule has 2 N–H and O–H groups in total. The van der Waals surface area contributed by atoms with Crippen molar-refractivity contribution in [3.05, 3.63) is 36.1 Å². The number of nitrogens with two attached hydrogens (primary N) is 1. The molecule has 1 saturated carbocycles. The Balaban J connectivity index is 1.57. The van der Waals surface area contributed by atoms with Gasteiger partial charge in [0, 0.05) is 12.0 Å². The monoisotopic (exact) mass is 285 g/mol. The third kappa shape index (κ3) is 2.39. The van der Waals surface area contributed by atoms with Crippen LogP contribution < -0.4 is 5.73 Å². The summed E-state index contributed by atoms with van der Waals surface area (Å²) in [4.78, 5) is 0. The molecule has 2 aliphatic rings. The van der Waals surface area contributed by atoms with Crippen molar-refractivity contribution < 1.29 is 9.15 Å². The number of fused-ring (bicyclic) bond motifs is 1. The van der Waals surface area contributed by atoms with Crippen LogP contribution in [-0.4, -0.2) is 12.2 Å². The van der Waals surface area contributed by atoms with E-state index < -0.39 is 0 Å². The lowest BCUT2D eigenvalue weighted by molar-refractivity contribution is -0.0971. The Morgan fingerprint density at radius 1 is 1.19 bits per heavy atom. The Labute approximate surface area is 125 Å². The van der Waals surface area contributed by atoms with Crippen LogP contribution in [0.5, 0.6) is 0 Å². The lowest BCUT2D eigenvalue weighted by atomic mass is 9.80. The summed E-state index contributed by atoms with van der Waals surface area (Å²) in [7, 11) is 0. The van der Waals surface area contributed by atoms with E-state index in [0.717, 1.165) is 36.2 Å². The smallest absolute Gasteiger partial charge is 0.134 e. The van der Waals surface area contributed by atoms with E-state index in [1.807, 2.05) is 18.2 Å². The molecule has 0 bridgehead atoms. The minimum absolute atomic E-state index is 0.0150. The van der Waals surface area contributed by atoms with E-state index in [9.17, 15) is 0 Å². The SMILES string of the molecule is NC(c1cc2ccccc2o1)C1CCOC2(CCCC2)C1. The number of ether oxygens (including phenoxy) is 1. The second kappa shape index (κ2) is 5.15. The van der Waals surface area contributed by atoms with Crippen LogP contribution in [0.25, 0.3) is 11.0 Å². The van der Waals surface area contributed by atoms with Crippen molar-refractivity contribution in [3.63, 3.8) is 0 Å². The minimum atomic E-state index is -0.0150. The Bertz CT molecular complexity index is 594. The fourth-order valence-corrected chi connectivity index (χ4v) is 4.14. The summed E-state index contributed by atoms with van der Waals surface area (Å²) in [6, 6.07) is 10.2. The van der Waals surface area contributed by atoms with Crippen molar-refractivity contribution in [2.45, 2.75) is 50.2 Å². The quantitative estimate of drug-likeness (QED) is 0.900. The first-order valence-electron chi connectivity index (χ1n) is 8.14. The van der Waals surface area contributed by atoms with Crippen molar-refractivity contribution in [2.75, 3.05) is 6.61 Å². The molecule has 3 heteroatoms. The van der Waals surface area contributed by atoms with E-state index in [1.165, 1.54) is 25.7 Å². The number of furan rings is 1. The molecule has 112 valence electrons. The molecule has 0 amide bonds. The summed E-state index contributed by atoms with van der Waals surface area (Å²) in [5, 5.41) is 1.14. The van der Waals surface area contributed by atoms with Crippen LogP contribution in [0.2, 0.25) is 0 Å². The molecule has 1 aromatic carbocycles. The zero-order valence-electron chi connectivity index (χ0n) is 12.4. The van der Waals surface area contributed by atoms with E-state index in [1.54, 1.807) is 0 Å². The number of hydrogen-bond donors (Lipinski definition) is 1. The van der Waals surface area contributed by atoms with Crippen molar-refractivity contribution in [1.29, 1.82) is 0 Å². The zero-order valence-corrected chi connectivity index (χ0v) is 12.4. The fourth-order valence-electron chi connectivity index (χ4n) is 4.14. The molecule has 2 unspecified atom stereocenters. The highest BCUT2D eigenvalue weighted by molar-refractivity contribution is 5.77. The van der Waals surface area contributed by atoms with Gasteiger partial charge < -0.3 is 14.9 Å². The molecule has 2 fully saturated rings. The van der Waals surface area contributed by atoms with Gasteiger partial charge in [0.15, 0.2) is 0 Å². The summed E-state index contributed by atoms with van der Waals surface area (Å²) >= 11 is 0. The van der Waals surface area contributed by atoms with Crippen LogP contribution >= 0.6 is 0 Å². The molecule has 2 atom stereocenters. The second-order valence-corrected chi connectivity index (χ2v) is 6.70. The first-order chi connectivity index (χ1) is 10.3. The lowest BCUT2D eigenvalue weighted by Gasteiger charge is -2.40. The molecular formula is C18H23NO2. The summed E-state index contributed by atoms with van der Waals surface area (Å²) in [6.45, 7) is 0.846. The molecule has 21 heavy (non-hydrogen) atoms. The maximum atomic E-state index is 6.54. The topological polar surface area (TPSA) is 48.4 Å². The Morgan fingerprint density at radius 3 is 2.81 bits per heavy atom. The molecule has 1 aliphatic carbocycles. The van der Waals surface area contributed by atoms with E-state index in [-0.39, 0.29) is 11.6 Å². The second-order valence-electron chi connectivity index (χ2n) is 6.70. The van der Waals surface area contributed by atoms with Crippen molar-refractivity contribution in [3.8, 4) is 0 Å². The van der Waals surface area contributed by atoms with Gasteiger partial charge in [-0.15, -0.1) is 0 Å². The number of para-hydroxylation sites is 1. The maximum absolute atomic E-state index is 6.54. The van der Waals surface area contributed by atoms with Gasteiger partial charge in [-0.3, -0.25) is 0 Å². The third-order valence-electron chi connectivity index (χ3n) is 5.33. The highest BCUT2D eigenvalue weighted by atomic mass is 16.5. The molecule has 2 aromatic rings. The van der Waals surface area contributed by atoms with Gasteiger partial charge in [0.25, 0.3) is 0 Å². The molecule has 3 nitrogen and oxygen atoms in total. The molecule has 1 aromatic heterocycles. The molecule has 1 spiro atoms. The van der Waals surface area contributed by atoms with Crippen LogP contribution in [0.4, 0.5) is 0 Å². The first kappa shape index (κ1) is 13.4. The van der Waals surface area contributed by atoms with E-state index in [2.05, 4.69) is 12.1 Å². The largest absolute Gasteiger partial charge is 0.459 e. The predicted octanol–water partition coefficient (Wildman–Crippen LogP) is 4.17. The van der Waals surface area contributed by atoms with Crippen molar-refractivity contribution >= 4 is 11.0 Å². The van der Waals surface area contributed by atoms with Gasteiger partial charge in [0.1, 0.15) is 11.3 Å². The third-order valence-corrected chi connectivity index (χ3v) is 5.33. The highest BCUT2D eigenvalue weighted by Gasteiger charge is 2.42. The summed E-state index contributed by atoms with van der Waals surface area (Å²) in [5.74, 6) is 1.40. The number of benzene rings is 1. The average Bonchev–Trinajstić information content (AvgIpc) is 3.13. The van der Waals surface area contributed by atoms with Crippen LogP contribution in [0.15, 0.2) is 34.7 Å². The van der Waals surface area contributed by atoms with Crippen LogP contribution in [0.3, 0.4) is 0 Å². The fraction of sp³-hybridized carbons (Fsp3) is 0.556. The van der Waals surface area contributed by atoms with Gasteiger partial charge in [-0.25, -0.2) is 0 Å². The Kier molecular flexibility index (Phi) is 3.27. The van der Waals surface area contributed by atoms with Crippen LogP contribution in [0.1, 0.15) is 50.3 Å². The van der Waals surface area contributed by atoms with Gasteiger partial charge in [0.05, 0.1) is 11.6 Å². The van der Waals surface area contributed by atoms with E-state index in [4.69, 9.17) is 14.9 Å². The van der Waals surface area contributed by atoms with Gasteiger partial charge in [0.2, 0.25) is 0 Å². The highest BCUT2D eigenvalue weighted by Crippen LogP contribution is 2.45. The zero-order chi connectivity index (χ0) is 14.3. The minimum Gasteiger partial charge on any atom is -0.459 e. The molecular weight excluding hydrogens is 262 g/mol. The van der Waals surface area contributed by atoms with Gasteiger partial charge in [-0.2, -0.15) is 0 Å². The molecule has 0 radical (unpaired) electrons. The van der Waals surface area contributed by atoms with E-state index >= 15 is 0 Å². The van der Waals surface area contributed by atoms with E-state index in [0.29, 0.717) is 5.92 Å². The van der Waals surface area contributed by atoms with Gasteiger partial charge in [-0.1, -0.05) is 31.0 Å². The predicted molar refractivity (Wildman–Crippen MR) is 83.0 cm³/mol. The number of rotatable bonds is 2. The molecule has 4 rings (SSSR count).